The average Bonchev–Trinajstić information content (AvgIpc) is 2.37. The molecule has 0 bridgehead atoms. The van der Waals surface area contributed by atoms with Crippen LogP contribution in [0.2, 0.25) is 0 Å². The Hall–Kier alpha value is -0.370. The summed E-state index contributed by atoms with van der Waals surface area (Å²) in [6.07, 6.45) is 5.69. The predicted octanol–water partition coefficient (Wildman–Crippen LogP) is 0.949. The van der Waals surface area contributed by atoms with Crippen molar-refractivity contribution in [3.8, 4) is 0 Å². The molecular formula is C7H15NO. The van der Waals surface area contributed by atoms with E-state index in [9.17, 15) is 4.79 Å². The molecule has 1 rings (SSSR count). The van der Waals surface area contributed by atoms with Crippen LogP contribution in [-0.2, 0) is 4.79 Å². The summed E-state index contributed by atoms with van der Waals surface area (Å²) in [6, 6.07) is -0.188. The van der Waals surface area contributed by atoms with Gasteiger partial charge in [-0.1, -0.05) is 12.8 Å². The van der Waals surface area contributed by atoms with Crippen LogP contribution < -0.4 is 5.73 Å². The van der Waals surface area contributed by atoms with Crippen molar-refractivity contribution in [3.05, 3.63) is 0 Å². The molecule has 54 valence electrons. The van der Waals surface area contributed by atoms with Gasteiger partial charge in [0.2, 0.25) is 0 Å². The largest absolute Gasteiger partial charge is 0.322 e. The number of hydrogen-bond acceptors (Lipinski definition) is 2. The normalized spacial score (nSPS) is 24.1. The van der Waals surface area contributed by atoms with Crippen LogP contribution in [0.3, 0.4) is 0 Å². The van der Waals surface area contributed by atoms with E-state index >= 15 is 0 Å². The fraction of sp³-hybridized carbons (Fsp3) is 0.857. The predicted molar refractivity (Wildman–Crippen MR) is 38.1 cm³/mol. The second-order valence-electron chi connectivity index (χ2n) is 2.76. The van der Waals surface area contributed by atoms with Crippen LogP contribution in [0.25, 0.3) is 0 Å². The van der Waals surface area contributed by atoms with E-state index < -0.39 is 0 Å². The second-order valence-corrected chi connectivity index (χ2v) is 2.76. The Morgan fingerprint density at radius 3 is 2.56 bits per heavy atom. The van der Waals surface area contributed by atoms with Crippen LogP contribution in [0, 0.1) is 5.92 Å². The maximum Gasteiger partial charge on any atom is 0.136 e. The van der Waals surface area contributed by atoms with Gasteiger partial charge in [-0.3, -0.25) is 0 Å². The minimum Gasteiger partial charge on any atom is -0.322 e. The summed E-state index contributed by atoms with van der Waals surface area (Å²) in [7, 11) is 0. The summed E-state index contributed by atoms with van der Waals surface area (Å²) in [6.45, 7) is 0. The SMILES string of the molecule is N[C@H](C=O)C1CCCC1.[HH]. The van der Waals surface area contributed by atoms with Crippen LogP contribution in [0.1, 0.15) is 27.1 Å². The summed E-state index contributed by atoms with van der Waals surface area (Å²) >= 11 is 0. The summed E-state index contributed by atoms with van der Waals surface area (Å²) < 4.78 is 0. The first-order valence-electron chi connectivity index (χ1n) is 3.55. The van der Waals surface area contributed by atoms with Gasteiger partial charge in [-0.25, -0.2) is 0 Å². The molecule has 0 aromatic carbocycles. The highest BCUT2D eigenvalue weighted by molar-refractivity contribution is 5.57. The summed E-state index contributed by atoms with van der Waals surface area (Å²) in [5, 5.41) is 0. The summed E-state index contributed by atoms with van der Waals surface area (Å²) in [4.78, 5) is 10.2. The van der Waals surface area contributed by atoms with E-state index in [-0.39, 0.29) is 7.47 Å². The molecule has 0 radical (unpaired) electrons. The first-order valence-corrected chi connectivity index (χ1v) is 3.55. The van der Waals surface area contributed by atoms with E-state index in [1.54, 1.807) is 0 Å². The van der Waals surface area contributed by atoms with Gasteiger partial charge in [0.1, 0.15) is 6.29 Å². The lowest BCUT2D eigenvalue weighted by Gasteiger charge is -2.10. The Bertz CT molecular complexity index is 102. The van der Waals surface area contributed by atoms with E-state index in [1.807, 2.05) is 0 Å². The molecule has 0 unspecified atom stereocenters. The smallest absolute Gasteiger partial charge is 0.136 e. The molecule has 1 aliphatic carbocycles. The van der Waals surface area contributed by atoms with E-state index in [0.29, 0.717) is 5.92 Å². The Balaban J connectivity index is 0.000000810. The third-order valence-corrected chi connectivity index (χ3v) is 2.10. The minimum absolute atomic E-state index is 0. The van der Waals surface area contributed by atoms with Gasteiger partial charge >= 0.3 is 0 Å². The fourth-order valence-electron chi connectivity index (χ4n) is 1.45. The van der Waals surface area contributed by atoms with Crippen molar-refractivity contribution in [2.45, 2.75) is 31.7 Å². The van der Waals surface area contributed by atoms with Crippen LogP contribution in [0.4, 0.5) is 0 Å². The number of carbonyl (C=O) groups excluding carboxylic acids is 1. The van der Waals surface area contributed by atoms with Gasteiger partial charge in [0.25, 0.3) is 0 Å². The molecule has 0 heterocycles. The van der Waals surface area contributed by atoms with Gasteiger partial charge in [-0.05, 0) is 18.8 Å². The third kappa shape index (κ3) is 1.52. The zero-order valence-corrected chi connectivity index (χ0v) is 5.55. The van der Waals surface area contributed by atoms with Crippen molar-refractivity contribution < 1.29 is 6.22 Å². The summed E-state index contributed by atoms with van der Waals surface area (Å²) in [5.41, 5.74) is 5.51. The van der Waals surface area contributed by atoms with Crippen LogP contribution in [0.15, 0.2) is 0 Å². The van der Waals surface area contributed by atoms with Gasteiger partial charge in [0.15, 0.2) is 0 Å². The molecule has 2 heteroatoms. The number of aldehydes is 1. The molecule has 0 aliphatic heterocycles. The van der Waals surface area contributed by atoms with Crippen LogP contribution in [0.5, 0.6) is 0 Å². The lowest BCUT2D eigenvalue weighted by molar-refractivity contribution is -0.109. The lowest BCUT2D eigenvalue weighted by atomic mass is 10.0. The standard InChI is InChI=1S/C7H13NO.H2/c8-7(5-9)6-3-1-2-4-6;/h5-7H,1-4,8H2;1H/t7-;/m1./s1. The Morgan fingerprint density at radius 1 is 1.56 bits per heavy atom. The zero-order valence-electron chi connectivity index (χ0n) is 5.55. The molecule has 1 saturated carbocycles. The molecule has 0 aromatic heterocycles. The zero-order chi connectivity index (χ0) is 6.69. The third-order valence-electron chi connectivity index (χ3n) is 2.10. The van der Waals surface area contributed by atoms with Gasteiger partial charge in [-0.2, -0.15) is 0 Å². The number of carbonyl (C=O) groups is 1. The van der Waals surface area contributed by atoms with Crippen LogP contribution >= 0.6 is 0 Å². The van der Waals surface area contributed by atoms with Crippen molar-refractivity contribution in [1.29, 1.82) is 0 Å². The first-order chi connectivity index (χ1) is 4.34. The van der Waals surface area contributed by atoms with E-state index in [1.165, 1.54) is 12.8 Å². The molecule has 0 spiro atoms. The lowest BCUT2D eigenvalue weighted by Crippen LogP contribution is -2.29. The molecule has 0 saturated heterocycles. The van der Waals surface area contributed by atoms with Crippen molar-refractivity contribution >= 4 is 6.29 Å². The molecule has 0 amide bonds. The van der Waals surface area contributed by atoms with E-state index in [0.717, 1.165) is 19.1 Å². The van der Waals surface area contributed by atoms with Gasteiger partial charge in [-0.15, -0.1) is 0 Å². The molecular weight excluding hydrogens is 114 g/mol. The maximum absolute atomic E-state index is 10.2. The Labute approximate surface area is 56.9 Å². The monoisotopic (exact) mass is 129 g/mol. The topological polar surface area (TPSA) is 43.1 Å². The molecule has 2 N–H and O–H groups in total. The van der Waals surface area contributed by atoms with E-state index in [2.05, 4.69) is 0 Å². The van der Waals surface area contributed by atoms with Crippen molar-refractivity contribution in [2.75, 3.05) is 0 Å². The van der Waals surface area contributed by atoms with Gasteiger partial charge in [0, 0.05) is 1.43 Å². The summed E-state index contributed by atoms with van der Waals surface area (Å²) in [5.74, 6) is 0.488. The highest BCUT2D eigenvalue weighted by Gasteiger charge is 2.20. The van der Waals surface area contributed by atoms with Crippen LogP contribution in [-0.4, -0.2) is 12.3 Å². The Kier molecular flexibility index (Phi) is 2.22. The molecule has 1 atom stereocenters. The number of rotatable bonds is 2. The quantitative estimate of drug-likeness (QED) is 0.564. The Morgan fingerprint density at radius 2 is 2.11 bits per heavy atom. The number of hydrogen-bond donors (Lipinski definition) is 1. The first kappa shape index (κ1) is 6.75. The van der Waals surface area contributed by atoms with Crippen molar-refractivity contribution in [1.82, 2.24) is 0 Å². The highest BCUT2D eigenvalue weighted by Crippen LogP contribution is 2.25. The highest BCUT2D eigenvalue weighted by atomic mass is 16.1. The second kappa shape index (κ2) is 2.97. The van der Waals surface area contributed by atoms with Crippen molar-refractivity contribution in [3.63, 3.8) is 0 Å². The minimum atomic E-state index is -0.188. The number of nitrogens with two attached hydrogens (primary N) is 1. The molecule has 1 aliphatic rings. The maximum atomic E-state index is 10.2. The van der Waals surface area contributed by atoms with E-state index in [4.69, 9.17) is 5.73 Å². The molecule has 9 heavy (non-hydrogen) atoms. The van der Waals surface area contributed by atoms with Crippen molar-refractivity contribution in [2.24, 2.45) is 11.7 Å². The fourth-order valence-corrected chi connectivity index (χ4v) is 1.45. The van der Waals surface area contributed by atoms with Gasteiger partial charge < -0.3 is 10.5 Å². The van der Waals surface area contributed by atoms with Gasteiger partial charge in [0.05, 0.1) is 6.04 Å². The molecule has 0 aromatic rings. The molecule has 2 nitrogen and oxygen atoms in total. The molecule has 1 fully saturated rings. The average molecular weight is 129 g/mol.